The summed E-state index contributed by atoms with van der Waals surface area (Å²) in [5.41, 5.74) is 3.64. The highest BCUT2D eigenvalue weighted by Gasteiger charge is 2.24. The molecule has 0 aliphatic carbocycles. The number of hydrogen-bond acceptors (Lipinski definition) is 7. The van der Waals surface area contributed by atoms with Crippen LogP contribution in [0.4, 0.5) is 0 Å². The van der Waals surface area contributed by atoms with Crippen LogP contribution in [0.1, 0.15) is 40.8 Å². The molecule has 0 radical (unpaired) electrons. The third kappa shape index (κ3) is 5.32. The lowest BCUT2D eigenvalue weighted by Crippen LogP contribution is -2.38. The lowest BCUT2D eigenvalue weighted by molar-refractivity contribution is 0.0692. The second-order valence-electron chi connectivity index (χ2n) is 9.10. The molecule has 1 amide bonds. The molecule has 0 atom stereocenters. The van der Waals surface area contributed by atoms with Gasteiger partial charge in [0.2, 0.25) is 0 Å². The van der Waals surface area contributed by atoms with Crippen LogP contribution in [0.3, 0.4) is 0 Å². The molecular formula is C27H29N5O2S2. The molecule has 2 aromatic carbocycles. The molecule has 1 fully saturated rings. The first-order valence-electron chi connectivity index (χ1n) is 12.0. The molecule has 9 heteroatoms. The maximum Gasteiger partial charge on any atom is 0.273 e. The molecule has 0 bridgehead atoms. The van der Waals surface area contributed by atoms with Crippen molar-refractivity contribution in [1.82, 2.24) is 24.6 Å². The van der Waals surface area contributed by atoms with Gasteiger partial charge in [0.05, 0.1) is 12.9 Å². The number of piperidine rings is 1. The van der Waals surface area contributed by atoms with E-state index in [1.165, 1.54) is 16.9 Å². The number of likely N-dealkylation sites (tertiary alicyclic amines) is 1. The van der Waals surface area contributed by atoms with E-state index in [0.717, 1.165) is 58.9 Å². The fourth-order valence-electron chi connectivity index (χ4n) is 4.21. The highest BCUT2D eigenvalue weighted by molar-refractivity contribution is 7.98. The Kier molecular flexibility index (Phi) is 7.38. The minimum atomic E-state index is 0.0394. The van der Waals surface area contributed by atoms with Crippen molar-refractivity contribution in [3.8, 4) is 22.8 Å². The van der Waals surface area contributed by atoms with Crippen LogP contribution in [0.15, 0.2) is 59.1 Å². The van der Waals surface area contributed by atoms with E-state index in [4.69, 9.17) is 4.74 Å². The Morgan fingerprint density at radius 3 is 2.67 bits per heavy atom. The number of aromatic nitrogens is 4. The predicted molar refractivity (Wildman–Crippen MR) is 144 cm³/mol. The van der Waals surface area contributed by atoms with E-state index < -0.39 is 0 Å². The summed E-state index contributed by atoms with van der Waals surface area (Å²) < 4.78 is 7.48. The number of hydrogen-bond donors (Lipinski definition) is 0. The number of nitrogens with zero attached hydrogens (tertiary/aromatic N) is 5. The Labute approximate surface area is 219 Å². The Morgan fingerprint density at radius 2 is 1.92 bits per heavy atom. The van der Waals surface area contributed by atoms with Gasteiger partial charge in [-0.3, -0.25) is 9.36 Å². The van der Waals surface area contributed by atoms with E-state index in [0.29, 0.717) is 17.4 Å². The Balaban J connectivity index is 1.38. The summed E-state index contributed by atoms with van der Waals surface area (Å²) in [6, 6.07) is 16.1. The Hall–Kier alpha value is -3.17. The Morgan fingerprint density at radius 1 is 1.14 bits per heavy atom. The number of amides is 1. The minimum Gasteiger partial charge on any atom is -0.497 e. The molecule has 1 aliphatic rings. The third-order valence-electron chi connectivity index (χ3n) is 6.42. The van der Waals surface area contributed by atoms with Crippen LogP contribution in [-0.2, 0) is 5.75 Å². The number of benzene rings is 2. The number of thioether (sulfide) groups is 1. The van der Waals surface area contributed by atoms with Crippen molar-refractivity contribution in [2.75, 3.05) is 20.2 Å². The molecule has 2 aromatic heterocycles. The van der Waals surface area contributed by atoms with Crippen LogP contribution in [0.25, 0.3) is 17.1 Å². The summed E-state index contributed by atoms with van der Waals surface area (Å²) >= 11 is 3.09. The number of methoxy groups -OCH3 is 1. The number of ether oxygens (including phenoxy) is 1. The SMILES string of the molecule is COc1cccc(-c2nnc(SCc3nc(C(=O)N4CCC(C)CC4)cs3)n2-c2ccc(C)cc2)c1. The van der Waals surface area contributed by atoms with E-state index in [1.807, 2.05) is 34.5 Å². The largest absolute Gasteiger partial charge is 0.497 e. The van der Waals surface area contributed by atoms with E-state index >= 15 is 0 Å². The van der Waals surface area contributed by atoms with E-state index in [9.17, 15) is 4.79 Å². The van der Waals surface area contributed by atoms with Crippen molar-refractivity contribution >= 4 is 29.0 Å². The molecule has 0 unspecified atom stereocenters. The summed E-state index contributed by atoms with van der Waals surface area (Å²) in [4.78, 5) is 19.5. The van der Waals surface area contributed by atoms with Gasteiger partial charge in [0.25, 0.3) is 5.91 Å². The highest BCUT2D eigenvalue weighted by Crippen LogP contribution is 2.32. The standard InChI is InChI=1S/C27H29N5O2S2/c1-18-7-9-21(10-8-18)32-25(20-5-4-6-22(15-20)34-3)29-30-27(32)36-17-24-28-23(16-35-24)26(33)31-13-11-19(2)12-14-31/h4-10,15-16,19H,11-14,17H2,1-3H3. The molecule has 186 valence electrons. The molecule has 3 heterocycles. The van der Waals surface area contributed by atoms with Gasteiger partial charge >= 0.3 is 0 Å². The smallest absolute Gasteiger partial charge is 0.273 e. The summed E-state index contributed by atoms with van der Waals surface area (Å²) in [5, 5.41) is 12.6. The molecule has 1 aliphatic heterocycles. The Bertz CT molecular complexity index is 1340. The van der Waals surface area contributed by atoms with Crippen molar-refractivity contribution in [1.29, 1.82) is 0 Å². The van der Waals surface area contributed by atoms with E-state index in [1.54, 1.807) is 18.9 Å². The fourth-order valence-corrected chi connectivity index (χ4v) is 5.95. The van der Waals surface area contributed by atoms with Gasteiger partial charge in [0, 0.05) is 29.7 Å². The van der Waals surface area contributed by atoms with E-state index in [2.05, 4.69) is 57.9 Å². The summed E-state index contributed by atoms with van der Waals surface area (Å²) in [6.07, 6.45) is 2.12. The molecule has 4 aromatic rings. The normalized spacial score (nSPS) is 14.2. The van der Waals surface area contributed by atoms with Gasteiger partial charge in [0.1, 0.15) is 16.5 Å². The number of aryl methyl sites for hydroxylation is 1. The van der Waals surface area contributed by atoms with Crippen LogP contribution in [0, 0.1) is 12.8 Å². The first kappa shape index (κ1) is 24.5. The van der Waals surface area contributed by atoms with Crippen molar-refractivity contribution in [2.24, 2.45) is 5.92 Å². The molecule has 1 saturated heterocycles. The maximum absolute atomic E-state index is 12.9. The van der Waals surface area contributed by atoms with Gasteiger partial charge in [-0.1, -0.05) is 48.5 Å². The number of rotatable bonds is 7. The number of carbonyl (C=O) groups excluding carboxylic acids is 1. The third-order valence-corrected chi connectivity index (χ3v) is 8.39. The first-order valence-corrected chi connectivity index (χ1v) is 13.9. The molecule has 0 saturated carbocycles. The van der Waals surface area contributed by atoms with Crippen LogP contribution in [0.5, 0.6) is 5.75 Å². The molecule has 7 nitrogen and oxygen atoms in total. The average Bonchev–Trinajstić information content (AvgIpc) is 3.55. The van der Waals surface area contributed by atoms with Gasteiger partial charge in [-0.25, -0.2) is 4.98 Å². The molecule has 36 heavy (non-hydrogen) atoms. The van der Waals surface area contributed by atoms with Crippen molar-refractivity contribution < 1.29 is 9.53 Å². The average molecular weight is 520 g/mol. The van der Waals surface area contributed by atoms with Crippen LogP contribution < -0.4 is 4.74 Å². The monoisotopic (exact) mass is 519 g/mol. The zero-order chi connectivity index (χ0) is 25.1. The molecule has 5 rings (SSSR count). The zero-order valence-corrected chi connectivity index (χ0v) is 22.3. The lowest BCUT2D eigenvalue weighted by Gasteiger charge is -2.29. The molecule has 0 spiro atoms. The minimum absolute atomic E-state index is 0.0394. The number of thiazole rings is 1. The predicted octanol–water partition coefficient (Wildman–Crippen LogP) is 5.87. The van der Waals surface area contributed by atoms with Crippen molar-refractivity contribution in [3.63, 3.8) is 0 Å². The van der Waals surface area contributed by atoms with Crippen LogP contribution in [0.2, 0.25) is 0 Å². The van der Waals surface area contributed by atoms with Crippen LogP contribution >= 0.6 is 23.1 Å². The maximum atomic E-state index is 12.9. The second-order valence-corrected chi connectivity index (χ2v) is 11.0. The van der Waals surface area contributed by atoms with Crippen LogP contribution in [-0.4, -0.2) is 50.8 Å². The zero-order valence-electron chi connectivity index (χ0n) is 20.7. The van der Waals surface area contributed by atoms with Crippen molar-refractivity contribution in [3.05, 3.63) is 70.2 Å². The van der Waals surface area contributed by atoms with E-state index in [-0.39, 0.29) is 5.91 Å². The summed E-state index contributed by atoms with van der Waals surface area (Å²) in [7, 11) is 1.66. The van der Waals surface area contributed by atoms with Gasteiger partial charge < -0.3 is 9.64 Å². The topological polar surface area (TPSA) is 73.1 Å². The van der Waals surface area contributed by atoms with Gasteiger partial charge in [-0.05, 0) is 49.9 Å². The van der Waals surface area contributed by atoms with Crippen molar-refractivity contribution in [2.45, 2.75) is 37.6 Å². The second kappa shape index (κ2) is 10.8. The quantitative estimate of drug-likeness (QED) is 0.284. The highest BCUT2D eigenvalue weighted by atomic mass is 32.2. The van der Waals surface area contributed by atoms with Gasteiger partial charge in [-0.15, -0.1) is 21.5 Å². The van der Waals surface area contributed by atoms with Gasteiger partial charge in [0.15, 0.2) is 11.0 Å². The fraction of sp³-hybridized carbons (Fsp3) is 0.333. The molecular weight excluding hydrogens is 490 g/mol. The lowest BCUT2D eigenvalue weighted by atomic mass is 9.99. The summed E-state index contributed by atoms with van der Waals surface area (Å²) in [5.74, 6) is 2.84. The summed E-state index contributed by atoms with van der Waals surface area (Å²) in [6.45, 7) is 5.94. The number of carbonyl (C=O) groups is 1. The molecule has 0 N–H and O–H groups in total. The van der Waals surface area contributed by atoms with Gasteiger partial charge in [-0.2, -0.15) is 0 Å². The first-order chi connectivity index (χ1) is 17.5.